The van der Waals surface area contributed by atoms with Crippen LogP contribution in [0, 0.1) is 5.92 Å². The SMILES string of the molecule is CN(CC1CCC(n2cc(NC(=O)c3cnn4cc(C(N)=O)cnc34)c(C(F)F)n2)CC1)C1CCN(c2cccc3c2n(C)c(=O)n3C2CCC(=O)NC2=O)CC1. The van der Waals surface area contributed by atoms with Gasteiger partial charge >= 0.3 is 5.69 Å². The Balaban J connectivity index is 0.866. The zero-order valence-corrected chi connectivity index (χ0v) is 31.6. The zero-order valence-electron chi connectivity index (χ0n) is 31.6. The van der Waals surface area contributed by atoms with Crippen LogP contribution in [-0.4, -0.2) is 94.8 Å². The van der Waals surface area contributed by atoms with E-state index in [4.69, 9.17) is 5.73 Å². The number of nitrogens with one attached hydrogen (secondary N) is 2. The van der Waals surface area contributed by atoms with Crippen molar-refractivity contribution in [3.05, 3.63) is 70.3 Å². The highest BCUT2D eigenvalue weighted by Crippen LogP contribution is 2.37. The van der Waals surface area contributed by atoms with Gasteiger partial charge in [-0.15, -0.1) is 0 Å². The Bertz CT molecular complexity index is 2440. The fourth-order valence-corrected chi connectivity index (χ4v) is 8.80. The first-order chi connectivity index (χ1) is 27.4. The highest BCUT2D eigenvalue weighted by molar-refractivity contribution is 6.08. The molecule has 1 unspecified atom stereocenters. The molecule has 6 heterocycles. The standard InChI is InChI=1S/C38H44F2N12O5/c1-47(23-12-14-49(15-13-23)27-4-3-5-28-32(27)48(2)38(57)52(28)29-10-11-30(53)45-37(29)56)18-21-6-8-24(9-7-21)50-20-26(31(46-50)33(39)40)44-36(55)25-17-43-51-19-22(34(41)54)16-42-35(25)51/h3-5,16-17,19-21,23-24,29,33H,6-15,18H2,1-2H3,(H2,41,54)(H,44,55)(H,45,53,56). The van der Waals surface area contributed by atoms with E-state index in [1.54, 1.807) is 16.3 Å². The van der Waals surface area contributed by atoms with Crippen molar-refractivity contribution >= 4 is 51.7 Å². The van der Waals surface area contributed by atoms with Gasteiger partial charge in [0.25, 0.3) is 18.2 Å². The number of primary amides is 1. The molecule has 0 spiro atoms. The zero-order chi connectivity index (χ0) is 40.1. The number of benzene rings is 1. The van der Waals surface area contributed by atoms with E-state index in [1.165, 1.54) is 33.9 Å². The third kappa shape index (κ3) is 7.15. The van der Waals surface area contributed by atoms with Gasteiger partial charge in [-0.1, -0.05) is 6.07 Å². The number of imide groups is 1. The van der Waals surface area contributed by atoms with Crippen LogP contribution in [0.3, 0.4) is 0 Å². The summed E-state index contributed by atoms with van der Waals surface area (Å²) in [5, 5.41) is 13.2. The number of imidazole rings is 1. The molecule has 0 bridgehead atoms. The maximum Gasteiger partial charge on any atom is 0.329 e. The van der Waals surface area contributed by atoms with Gasteiger partial charge in [0.2, 0.25) is 11.8 Å². The number of carbonyl (C=O) groups is 4. The lowest BCUT2D eigenvalue weighted by Gasteiger charge is -2.40. The highest BCUT2D eigenvalue weighted by atomic mass is 19.3. The minimum absolute atomic E-state index is 0.0420. The maximum atomic E-state index is 14.1. The Morgan fingerprint density at radius 3 is 2.49 bits per heavy atom. The first kappa shape index (κ1) is 37.9. The number of hydrogen-bond acceptors (Lipinski definition) is 10. The van der Waals surface area contributed by atoms with Gasteiger partial charge in [0.15, 0.2) is 11.3 Å². The van der Waals surface area contributed by atoms with Crippen LogP contribution in [0.15, 0.2) is 47.8 Å². The molecule has 19 heteroatoms. The van der Waals surface area contributed by atoms with E-state index in [1.807, 2.05) is 18.2 Å². The molecule has 0 radical (unpaired) electrons. The fourth-order valence-electron chi connectivity index (χ4n) is 8.80. The molecule has 300 valence electrons. The number of nitrogens with two attached hydrogens (primary N) is 1. The molecule has 4 N–H and O–H groups in total. The molecule has 2 aliphatic heterocycles. The largest absolute Gasteiger partial charge is 0.370 e. The van der Waals surface area contributed by atoms with E-state index in [9.17, 15) is 32.8 Å². The molecular formula is C38H44F2N12O5. The van der Waals surface area contributed by atoms with Gasteiger partial charge < -0.3 is 20.9 Å². The second kappa shape index (κ2) is 15.2. The molecule has 17 nitrogen and oxygen atoms in total. The number of hydrogen-bond donors (Lipinski definition) is 3. The second-order valence-corrected chi connectivity index (χ2v) is 15.4. The molecule has 1 saturated carbocycles. The van der Waals surface area contributed by atoms with E-state index in [0.717, 1.165) is 69.4 Å². The van der Waals surface area contributed by atoms with Crippen LogP contribution in [0.5, 0.6) is 0 Å². The summed E-state index contributed by atoms with van der Waals surface area (Å²) < 4.78 is 34.2. The smallest absolute Gasteiger partial charge is 0.329 e. The molecule has 57 heavy (non-hydrogen) atoms. The molecule has 3 fully saturated rings. The van der Waals surface area contributed by atoms with Gasteiger partial charge in [0.05, 0.1) is 40.2 Å². The van der Waals surface area contributed by atoms with E-state index >= 15 is 0 Å². The summed E-state index contributed by atoms with van der Waals surface area (Å²) in [5.41, 5.74) is 7.10. The third-order valence-corrected chi connectivity index (χ3v) is 11.9. The number of alkyl halides is 2. The Kier molecular flexibility index (Phi) is 10.1. The van der Waals surface area contributed by atoms with Crippen LogP contribution in [-0.2, 0) is 16.6 Å². The van der Waals surface area contributed by atoms with Crippen LogP contribution >= 0.6 is 0 Å². The van der Waals surface area contributed by atoms with Crippen LogP contribution in [0.25, 0.3) is 16.7 Å². The number of fused-ring (bicyclic) bond motifs is 2. The molecular weight excluding hydrogens is 742 g/mol. The fraction of sp³-hybridized carbons (Fsp3) is 0.474. The van der Waals surface area contributed by atoms with Crippen molar-refractivity contribution in [2.24, 2.45) is 18.7 Å². The topological polar surface area (TPSA) is 200 Å². The van der Waals surface area contributed by atoms with Crippen molar-refractivity contribution < 1.29 is 28.0 Å². The summed E-state index contributed by atoms with van der Waals surface area (Å²) in [7, 11) is 3.88. The molecule has 1 aromatic carbocycles. The lowest BCUT2D eigenvalue weighted by Crippen LogP contribution is -2.45. The number of amides is 4. The lowest BCUT2D eigenvalue weighted by atomic mass is 9.85. The molecule has 1 atom stereocenters. The van der Waals surface area contributed by atoms with Gasteiger partial charge in [0, 0.05) is 57.7 Å². The summed E-state index contributed by atoms with van der Waals surface area (Å²) in [6.07, 6.45) is 8.02. The Hall–Kier alpha value is -5.98. The van der Waals surface area contributed by atoms with E-state index in [-0.39, 0.29) is 52.9 Å². The van der Waals surface area contributed by atoms with E-state index in [0.29, 0.717) is 17.5 Å². The lowest BCUT2D eigenvalue weighted by molar-refractivity contribution is -0.135. The molecule has 8 rings (SSSR count). The van der Waals surface area contributed by atoms with Gasteiger partial charge in [-0.05, 0) is 70.0 Å². The molecule has 4 aromatic heterocycles. The summed E-state index contributed by atoms with van der Waals surface area (Å²) in [5.74, 6) is -1.74. The van der Waals surface area contributed by atoms with Crippen LogP contribution < -0.4 is 27.0 Å². The molecule has 3 aliphatic rings. The first-order valence-corrected chi connectivity index (χ1v) is 19.2. The number of halogens is 2. The Morgan fingerprint density at radius 2 is 1.79 bits per heavy atom. The quantitative estimate of drug-likeness (QED) is 0.177. The summed E-state index contributed by atoms with van der Waals surface area (Å²) in [4.78, 5) is 71.4. The number of aromatic nitrogens is 7. The summed E-state index contributed by atoms with van der Waals surface area (Å²) in [6, 6.07) is 5.32. The average molecular weight is 787 g/mol. The van der Waals surface area contributed by atoms with Crippen molar-refractivity contribution in [3.8, 4) is 0 Å². The molecule has 1 aliphatic carbocycles. The summed E-state index contributed by atoms with van der Waals surface area (Å²) >= 11 is 0. The van der Waals surface area contributed by atoms with Gasteiger partial charge in [-0.3, -0.25) is 38.3 Å². The second-order valence-electron chi connectivity index (χ2n) is 15.4. The first-order valence-electron chi connectivity index (χ1n) is 19.2. The molecule has 4 amide bonds. The van der Waals surface area contributed by atoms with Crippen molar-refractivity contribution in [2.45, 2.75) is 75.9 Å². The van der Waals surface area contributed by atoms with Gasteiger partial charge in [-0.25, -0.2) is 23.1 Å². The van der Waals surface area contributed by atoms with Crippen molar-refractivity contribution in [1.82, 2.24) is 43.7 Å². The Labute approximate surface area is 324 Å². The Morgan fingerprint density at radius 1 is 1.04 bits per heavy atom. The van der Waals surface area contributed by atoms with E-state index < -0.39 is 35.9 Å². The number of anilines is 2. The number of rotatable bonds is 10. The highest BCUT2D eigenvalue weighted by Gasteiger charge is 2.34. The number of piperidine rings is 2. The number of nitrogens with zero attached hydrogens (tertiary/aromatic N) is 9. The van der Waals surface area contributed by atoms with Crippen LogP contribution in [0.2, 0.25) is 0 Å². The minimum Gasteiger partial charge on any atom is -0.370 e. The van der Waals surface area contributed by atoms with Gasteiger partial charge in [-0.2, -0.15) is 10.2 Å². The van der Waals surface area contributed by atoms with Crippen molar-refractivity contribution in [1.29, 1.82) is 0 Å². The molecule has 5 aromatic rings. The summed E-state index contributed by atoms with van der Waals surface area (Å²) in [6.45, 7) is 2.51. The molecule has 2 saturated heterocycles. The predicted molar refractivity (Wildman–Crippen MR) is 204 cm³/mol. The number of para-hydroxylation sites is 1. The maximum absolute atomic E-state index is 14.1. The van der Waals surface area contributed by atoms with Crippen molar-refractivity contribution in [2.75, 3.05) is 36.9 Å². The third-order valence-electron chi connectivity index (χ3n) is 11.9. The van der Waals surface area contributed by atoms with Crippen molar-refractivity contribution in [3.63, 3.8) is 0 Å². The number of carbonyl (C=O) groups excluding carboxylic acids is 4. The van der Waals surface area contributed by atoms with Crippen LogP contribution in [0.4, 0.5) is 20.2 Å². The number of aryl methyl sites for hydroxylation is 1. The minimum atomic E-state index is -2.91. The van der Waals surface area contributed by atoms with E-state index in [2.05, 4.69) is 42.7 Å². The normalized spacial score (nSPS) is 20.9. The van der Waals surface area contributed by atoms with Crippen LogP contribution in [0.1, 0.15) is 96.3 Å². The average Bonchev–Trinajstić information content (AvgIpc) is 3.89. The predicted octanol–water partition coefficient (Wildman–Crippen LogP) is 3.18. The van der Waals surface area contributed by atoms with Gasteiger partial charge in [0.1, 0.15) is 11.6 Å². The monoisotopic (exact) mass is 786 g/mol.